The van der Waals surface area contributed by atoms with E-state index in [4.69, 9.17) is 16.3 Å². The molecule has 1 N–H and O–H groups in total. The van der Waals surface area contributed by atoms with Gasteiger partial charge in [-0.15, -0.1) is 0 Å². The summed E-state index contributed by atoms with van der Waals surface area (Å²) in [4.78, 5) is 25.0. The fourth-order valence-corrected chi connectivity index (χ4v) is 3.01. The number of carbonyl (C=O) groups excluding carboxylic acids is 2. The van der Waals surface area contributed by atoms with Crippen LogP contribution in [0.25, 0.3) is 0 Å². The number of ether oxygens (including phenoxy) is 1. The van der Waals surface area contributed by atoms with E-state index in [0.717, 1.165) is 31.5 Å². The van der Waals surface area contributed by atoms with Gasteiger partial charge in [-0.25, -0.2) is 4.79 Å². The number of anilines is 1. The molecule has 0 bridgehead atoms. The number of nitrogens with one attached hydrogen (secondary N) is 1. The van der Waals surface area contributed by atoms with Crippen LogP contribution in [-0.4, -0.2) is 37.6 Å². The van der Waals surface area contributed by atoms with Crippen molar-refractivity contribution in [3.63, 3.8) is 0 Å². The number of alkyl carbamates (subject to hydrolysis) is 1. The minimum absolute atomic E-state index is 0.304. The van der Waals surface area contributed by atoms with E-state index < -0.39 is 11.7 Å². The monoisotopic (exact) mass is 338 g/mol. The van der Waals surface area contributed by atoms with Crippen molar-refractivity contribution < 1.29 is 14.3 Å². The van der Waals surface area contributed by atoms with Crippen molar-refractivity contribution in [3.05, 3.63) is 28.8 Å². The lowest BCUT2D eigenvalue weighted by molar-refractivity contribution is 0.0520. The van der Waals surface area contributed by atoms with E-state index in [1.165, 1.54) is 0 Å². The summed E-state index contributed by atoms with van der Waals surface area (Å²) in [5.74, 6) is 0.304. The number of amides is 1. The van der Waals surface area contributed by atoms with Crippen LogP contribution >= 0.6 is 11.6 Å². The number of halogens is 1. The normalized spacial score (nSPS) is 17.9. The molecule has 23 heavy (non-hydrogen) atoms. The highest BCUT2D eigenvalue weighted by molar-refractivity contribution is 6.33. The Hall–Kier alpha value is -1.75. The molecule has 1 fully saturated rings. The van der Waals surface area contributed by atoms with E-state index in [9.17, 15) is 9.59 Å². The van der Waals surface area contributed by atoms with Crippen LogP contribution in [0.5, 0.6) is 0 Å². The summed E-state index contributed by atoms with van der Waals surface area (Å²) in [5.41, 5.74) is 0.879. The van der Waals surface area contributed by atoms with Crippen LogP contribution in [0, 0.1) is 5.92 Å². The molecule has 0 unspecified atom stereocenters. The van der Waals surface area contributed by atoms with Crippen molar-refractivity contribution in [2.24, 2.45) is 5.92 Å². The van der Waals surface area contributed by atoms with E-state index in [1.807, 2.05) is 20.8 Å². The minimum atomic E-state index is -0.498. The zero-order valence-corrected chi connectivity index (χ0v) is 14.5. The molecule has 1 atom stereocenters. The largest absolute Gasteiger partial charge is 0.444 e. The highest BCUT2D eigenvalue weighted by Crippen LogP contribution is 2.32. The van der Waals surface area contributed by atoms with Gasteiger partial charge in [0.1, 0.15) is 5.60 Å². The number of para-hydroxylation sites is 1. The van der Waals surface area contributed by atoms with E-state index >= 15 is 0 Å². The van der Waals surface area contributed by atoms with Crippen molar-refractivity contribution in [2.45, 2.75) is 32.8 Å². The maximum absolute atomic E-state index is 11.7. The third-order valence-electron chi connectivity index (χ3n) is 3.68. The summed E-state index contributed by atoms with van der Waals surface area (Å²) in [6, 6.07) is 5.32. The molecule has 0 saturated carbocycles. The molecule has 1 amide bonds. The van der Waals surface area contributed by atoms with Crippen molar-refractivity contribution in [1.82, 2.24) is 5.32 Å². The van der Waals surface area contributed by atoms with Crippen molar-refractivity contribution in [2.75, 3.05) is 24.5 Å². The number of hydrogen-bond donors (Lipinski definition) is 1. The summed E-state index contributed by atoms with van der Waals surface area (Å²) >= 11 is 6.25. The van der Waals surface area contributed by atoms with Gasteiger partial charge in [-0.2, -0.15) is 0 Å². The molecular weight excluding hydrogens is 316 g/mol. The number of carbonyl (C=O) groups is 2. The van der Waals surface area contributed by atoms with Crippen molar-refractivity contribution in [3.8, 4) is 0 Å². The fraction of sp³-hybridized carbons (Fsp3) is 0.529. The van der Waals surface area contributed by atoms with Crippen LogP contribution in [0.1, 0.15) is 37.6 Å². The van der Waals surface area contributed by atoms with Gasteiger partial charge in [0, 0.05) is 25.2 Å². The predicted molar refractivity (Wildman–Crippen MR) is 91.4 cm³/mol. The van der Waals surface area contributed by atoms with Gasteiger partial charge in [-0.3, -0.25) is 4.79 Å². The summed E-state index contributed by atoms with van der Waals surface area (Å²) in [6.07, 6.45) is 1.36. The predicted octanol–water partition coefficient (Wildman–Crippen LogP) is 3.50. The fourth-order valence-electron chi connectivity index (χ4n) is 2.70. The first-order valence-corrected chi connectivity index (χ1v) is 8.13. The smallest absolute Gasteiger partial charge is 0.407 e. The molecule has 126 valence electrons. The van der Waals surface area contributed by atoms with Gasteiger partial charge >= 0.3 is 6.09 Å². The molecule has 1 aliphatic heterocycles. The van der Waals surface area contributed by atoms with Gasteiger partial charge in [0.2, 0.25) is 0 Å². The van der Waals surface area contributed by atoms with Crippen LogP contribution in [0.2, 0.25) is 5.02 Å². The Balaban J connectivity index is 1.92. The standard InChI is InChI=1S/C17H23ClN2O3/c1-17(2,3)23-16(22)19-9-12-7-8-20(10-12)15-13(11-21)5-4-6-14(15)18/h4-6,11-12H,7-10H2,1-3H3,(H,19,22)/t12-/m1/s1. The number of rotatable bonds is 4. The average Bonchev–Trinajstić information content (AvgIpc) is 2.91. The maximum atomic E-state index is 11.7. The molecule has 5 nitrogen and oxygen atoms in total. The van der Waals surface area contributed by atoms with Crippen LogP contribution in [0.4, 0.5) is 10.5 Å². The first-order valence-electron chi connectivity index (χ1n) is 7.75. The molecule has 2 rings (SSSR count). The Morgan fingerprint density at radius 1 is 1.48 bits per heavy atom. The zero-order valence-electron chi connectivity index (χ0n) is 13.8. The molecule has 6 heteroatoms. The van der Waals surface area contributed by atoms with Crippen LogP contribution < -0.4 is 10.2 Å². The quantitative estimate of drug-likeness (QED) is 0.853. The summed E-state index contributed by atoms with van der Waals surface area (Å²) < 4.78 is 5.23. The molecular formula is C17H23ClN2O3. The Bertz CT molecular complexity index is 584. The third kappa shape index (κ3) is 4.86. The molecule has 1 aromatic carbocycles. The minimum Gasteiger partial charge on any atom is -0.444 e. The molecule has 1 heterocycles. The van der Waals surface area contributed by atoms with Crippen molar-refractivity contribution >= 4 is 29.7 Å². The van der Waals surface area contributed by atoms with Crippen molar-refractivity contribution in [1.29, 1.82) is 0 Å². The lowest BCUT2D eigenvalue weighted by Crippen LogP contribution is -2.36. The van der Waals surface area contributed by atoms with Gasteiger partial charge < -0.3 is 15.0 Å². The second-order valence-electron chi connectivity index (χ2n) is 6.78. The summed E-state index contributed by atoms with van der Waals surface area (Å²) in [5, 5.41) is 3.39. The molecule has 1 aliphatic rings. The number of hydrogen-bond acceptors (Lipinski definition) is 4. The highest BCUT2D eigenvalue weighted by atomic mass is 35.5. The summed E-state index contributed by atoms with van der Waals surface area (Å²) in [6.45, 7) is 7.62. The highest BCUT2D eigenvalue weighted by Gasteiger charge is 2.26. The topological polar surface area (TPSA) is 58.6 Å². The molecule has 1 saturated heterocycles. The SMILES string of the molecule is CC(C)(C)OC(=O)NC[C@H]1CCN(c2c(Cl)cccc2C=O)C1. The van der Waals surface area contributed by atoms with E-state index in [1.54, 1.807) is 18.2 Å². The number of nitrogens with zero attached hydrogens (tertiary/aromatic N) is 1. The lowest BCUT2D eigenvalue weighted by atomic mass is 10.1. The Morgan fingerprint density at radius 3 is 2.87 bits per heavy atom. The average molecular weight is 339 g/mol. The second kappa shape index (κ2) is 7.21. The van der Waals surface area contributed by atoms with Gasteiger partial charge in [0.05, 0.1) is 10.7 Å². The number of benzene rings is 1. The van der Waals surface area contributed by atoms with Gasteiger partial charge in [0.25, 0.3) is 0 Å². The molecule has 0 aliphatic carbocycles. The Morgan fingerprint density at radius 2 is 2.22 bits per heavy atom. The molecule has 1 aromatic rings. The van der Waals surface area contributed by atoms with E-state index in [0.29, 0.717) is 23.0 Å². The lowest BCUT2D eigenvalue weighted by Gasteiger charge is -2.22. The van der Waals surface area contributed by atoms with E-state index in [-0.39, 0.29) is 0 Å². The maximum Gasteiger partial charge on any atom is 0.407 e. The molecule has 0 aromatic heterocycles. The first-order chi connectivity index (χ1) is 10.8. The first kappa shape index (κ1) is 17.6. The van der Waals surface area contributed by atoms with Gasteiger partial charge in [0.15, 0.2) is 6.29 Å². The van der Waals surface area contributed by atoms with Gasteiger partial charge in [-0.1, -0.05) is 17.7 Å². The van der Waals surface area contributed by atoms with E-state index in [2.05, 4.69) is 10.2 Å². The van der Waals surface area contributed by atoms with Crippen LogP contribution in [0.3, 0.4) is 0 Å². The second-order valence-corrected chi connectivity index (χ2v) is 7.19. The Kier molecular flexibility index (Phi) is 5.52. The van der Waals surface area contributed by atoms with Crippen LogP contribution in [-0.2, 0) is 4.74 Å². The van der Waals surface area contributed by atoms with Gasteiger partial charge in [-0.05, 0) is 45.2 Å². The summed E-state index contributed by atoms with van der Waals surface area (Å²) in [7, 11) is 0. The Labute approximate surface area is 141 Å². The third-order valence-corrected chi connectivity index (χ3v) is 3.99. The molecule has 0 radical (unpaired) electrons. The zero-order chi connectivity index (χ0) is 17.0. The van der Waals surface area contributed by atoms with Crippen LogP contribution in [0.15, 0.2) is 18.2 Å². The number of aldehydes is 1. The molecule has 0 spiro atoms.